The smallest absolute Gasteiger partial charge is 0.225 e. The topological polar surface area (TPSA) is 40.6 Å². The summed E-state index contributed by atoms with van der Waals surface area (Å²) < 4.78 is 0. The third kappa shape index (κ3) is 5.59. The van der Waals surface area contributed by atoms with Crippen molar-refractivity contribution >= 4 is 17.5 Å². The monoisotopic (exact) mass is 384 g/mol. The van der Waals surface area contributed by atoms with E-state index in [1.54, 1.807) is 6.92 Å². The minimum Gasteiger partial charge on any atom is -0.338 e. The Morgan fingerprint density at radius 3 is 2.14 bits per heavy atom. The molecule has 0 unspecified atom stereocenters. The molecule has 3 rings (SSSR count). The zero-order chi connectivity index (χ0) is 19.8. The summed E-state index contributed by atoms with van der Waals surface area (Å²) in [6.45, 7) is 3.88. The molecule has 1 aromatic rings. The second-order valence-electron chi connectivity index (χ2n) is 8.52. The number of para-hydroxylation sites is 1. The molecule has 0 aromatic heterocycles. The molecule has 1 heterocycles. The highest BCUT2D eigenvalue weighted by Crippen LogP contribution is 2.28. The molecule has 0 bridgehead atoms. The number of hydrogen-bond acceptors (Lipinski definition) is 2. The van der Waals surface area contributed by atoms with E-state index in [9.17, 15) is 9.59 Å². The van der Waals surface area contributed by atoms with Crippen molar-refractivity contribution in [3.05, 3.63) is 29.8 Å². The van der Waals surface area contributed by atoms with E-state index in [2.05, 4.69) is 11.0 Å². The van der Waals surface area contributed by atoms with Crippen molar-refractivity contribution in [2.24, 2.45) is 5.92 Å². The molecule has 0 atom stereocenters. The highest BCUT2D eigenvalue weighted by molar-refractivity contribution is 5.92. The Balaban J connectivity index is 1.85. The summed E-state index contributed by atoms with van der Waals surface area (Å²) in [6, 6.07) is 8.16. The lowest BCUT2D eigenvalue weighted by Gasteiger charge is -2.31. The largest absolute Gasteiger partial charge is 0.338 e. The highest BCUT2D eigenvalue weighted by Gasteiger charge is 2.27. The number of nitrogens with zero attached hydrogens (tertiary/aromatic N) is 2. The highest BCUT2D eigenvalue weighted by atomic mass is 16.2. The van der Waals surface area contributed by atoms with Crippen LogP contribution in [0.2, 0.25) is 0 Å². The Hall–Kier alpha value is -1.84. The zero-order valence-electron chi connectivity index (χ0n) is 17.5. The molecule has 0 saturated heterocycles. The molecule has 4 heteroatoms. The fraction of sp³-hybridized carbons (Fsp3) is 0.667. The van der Waals surface area contributed by atoms with E-state index in [0.717, 1.165) is 56.4 Å². The summed E-state index contributed by atoms with van der Waals surface area (Å²) in [4.78, 5) is 29.7. The lowest BCUT2D eigenvalue weighted by Crippen LogP contribution is -2.38. The fourth-order valence-electron chi connectivity index (χ4n) is 4.72. The SMILES string of the molecule is CC(=O)N1CCCCCCCCN(C(=O)C2CCCCC2)Cc2ccccc21. The number of rotatable bonds is 1. The first kappa shape index (κ1) is 20.9. The Kier molecular flexibility index (Phi) is 7.93. The Bertz CT molecular complexity index is 652. The van der Waals surface area contributed by atoms with Crippen molar-refractivity contribution in [1.29, 1.82) is 0 Å². The van der Waals surface area contributed by atoms with Crippen LogP contribution < -0.4 is 4.90 Å². The van der Waals surface area contributed by atoms with E-state index in [1.807, 2.05) is 23.1 Å². The van der Waals surface area contributed by atoms with Gasteiger partial charge in [-0.15, -0.1) is 0 Å². The van der Waals surface area contributed by atoms with Crippen LogP contribution in [-0.2, 0) is 16.1 Å². The van der Waals surface area contributed by atoms with Crippen molar-refractivity contribution in [2.75, 3.05) is 18.0 Å². The summed E-state index contributed by atoms with van der Waals surface area (Å²) in [5.74, 6) is 0.617. The summed E-state index contributed by atoms with van der Waals surface area (Å²) in [5.41, 5.74) is 2.08. The fourth-order valence-corrected chi connectivity index (χ4v) is 4.72. The van der Waals surface area contributed by atoms with Crippen molar-refractivity contribution in [3.8, 4) is 0 Å². The molecule has 1 aliphatic heterocycles. The molecule has 28 heavy (non-hydrogen) atoms. The van der Waals surface area contributed by atoms with E-state index in [-0.39, 0.29) is 11.8 Å². The van der Waals surface area contributed by atoms with Gasteiger partial charge in [-0.25, -0.2) is 0 Å². The second-order valence-corrected chi connectivity index (χ2v) is 8.52. The van der Waals surface area contributed by atoms with E-state index in [1.165, 1.54) is 38.5 Å². The normalized spacial score (nSPS) is 20.5. The second kappa shape index (κ2) is 10.6. The minimum absolute atomic E-state index is 0.0903. The predicted octanol–water partition coefficient (Wildman–Crippen LogP) is 5.30. The minimum atomic E-state index is 0.0903. The van der Waals surface area contributed by atoms with Crippen molar-refractivity contribution in [1.82, 2.24) is 4.90 Å². The van der Waals surface area contributed by atoms with Crippen LogP contribution in [0.5, 0.6) is 0 Å². The number of carbonyl (C=O) groups is 2. The summed E-state index contributed by atoms with van der Waals surface area (Å²) in [7, 11) is 0. The van der Waals surface area contributed by atoms with Crippen LogP contribution in [0.1, 0.15) is 83.1 Å². The van der Waals surface area contributed by atoms with Crippen LogP contribution in [0.4, 0.5) is 5.69 Å². The van der Waals surface area contributed by atoms with Gasteiger partial charge < -0.3 is 9.80 Å². The van der Waals surface area contributed by atoms with Crippen LogP contribution in [0.3, 0.4) is 0 Å². The van der Waals surface area contributed by atoms with Crippen LogP contribution in [0.25, 0.3) is 0 Å². The lowest BCUT2D eigenvalue weighted by atomic mass is 9.88. The van der Waals surface area contributed by atoms with Gasteiger partial charge in [-0.05, 0) is 37.3 Å². The van der Waals surface area contributed by atoms with Gasteiger partial charge in [0.2, 0.25) is 11.8 Å². The van der Waals surface area contributed by atoms with Gasteiger partial charge in [0.05, 0.1) is 0 Å². The maximum absolute atomic E-state index is 13.3. The lowest BCUT2D eigenvalue weighted by molar-refractivity contribution is -0.137. The van der Waals surface area contributed by atoms with Crippen LogP contribution in [0.15, 0.2) is 24.3 Å². The van der Waals surface area contributed by atoms with Gasteiger partial charge >= 0.3 is 0 Å². The molecule has 1 aliphatic carbocycles. The molecule has 0 radical (unpaired) electrons. The van der Waals surface area contributed by atoms with E-state index in [0.29, 0.717) is 12.5 Å². The van der Waals surface area contributed by atoms with Gasteiger partial charge in [-0.3, -0.25) is 9.59 Å². The number of anilines is 1. The molecule has 0 spiro atoms. The average molecular weight is 385 g/mol. The quantitative estimate of drug-likeness (QED) is 0.659. The van der Waals surface area contributed by atoms with E-state index in [4.69, 9.17) is 0 Å². The van der Waals surface area contributed by atoms with Gasteiger partial charge in [-0.2, -0.15) is 0 Å². The third-order valence-electron chi connectivity index (χ3n) is 6.35. The van der Waals surface area contributed by atoms with E-state index >= 15 is 0 Å². The molecule has 4 nitrogen and oxygen atoms in total. The number of amides is 2. The number of fused-ring (bicyclic) bond motifs is 1. The molecule has 1 fully saturated rings. The molecule has 154 valence electrons. The molecule has 2 aliphatic rings. The predicted molar refractivity (Wildman–Crippen MR) is 114 cm³/mol. The molecular weight excluding hydrogens is 348 g/mol. The number of benzene rings is 1. The third-order valence-corrected chi connectivity index (χ3v) is 6.35. The van der Waals surface area contributed by atoms with E-state index < -0.39 is 0 Å². The Morgan fingerprint density at radius 1 is 0.821 bits per heavy atom. The van der Waals surface area contributed by atoms with Gasteiger partial charge in [-0.1, -0.05) is 63.1 Å². The molecule has 1 aromatic carbocycles. The van der Waals surface area contributed by atoms with Gasteiger partial charge in [0.1, 0.15) is 0 Å². The van der Waals surface area contributed by atoms with Gasteiger partial charge in [0.15, 0.2) is 0 Å². The maximum Gasteiger partial charge on any atom is 0.225 e. The summed E-state index contributed by atoms with van der Waals surface area (Å²) in [6.07, 6.45) is 12.6. The first-order valence-corrected chi connectivity index (χ1v) is 11.3. The summed E-state index contributed by atoms with van der Waals surface area (Å²) in [5, 5.41) is 0. The first-order chi connectivity index (χ1) is 13.7. The first-order valence-electron chi connectivity index (χ1n) is 11.3. The zero-order valence-corrected chi connectivity index (χ0v) is 17.5. The maximum atomic E-state index is 13.3. The standard InChI is InChI=1S/C24H36N2O2/c1-20(27)26-18-12-5-3-2-4-11-17-25(19-22-15-9-10-16-23(22)26)24(28)21-13-7-6-8-14-21/h9-10,15-16,21H,2-8,11-14,17-19H2,1H3. The van der Waals surface area contributed by atoms with Crippen molar-refractivity contribution < 1.29 is 9.59 Å². The van der Waals surface area contributed by atoms with Crippen LogP contribution >= 0.6 is 0 Å². The average Bonchev–Trinajstić information content (AvgIpc) is 2.73. The Labute approximate surface area is 170 Å². The van der Waals surface area contributed by atoms with Gasteiger partial charge in [0, 0.05) is 38.2 Å². The summed E-state index contributed by atoms with van der Waals surface area (Å²) >= 11 is 0. The number of carbonyl (C=O) groups excluding carboxylic acids is 2. The Morgan fingerprint density at radius 2 is 1.43 bits per heavy atom. The van der Waals surface area contributed by atoms with Crippen molar-refractivity contribution in [2.45, 2.75) is 84.1 Å². The molecular formula is C24H36N2O2. The molecule has 2 amide bonds. The van der Waals surface area contributed by atoms with Crippen molar-refractivity contribution in [3.63, 3.8) is 0 Å². The van der Waals surface area contributed by atoms with Crippen LogP contribution in [-0.4, -0.2) is 29.8 Å². The van der Waals surface area contributed by atoms with Gasteiger partial charge in [0.25, 0.3) is 0 Å². The molecule has 0 N–H and O–H groups in total. The molecule has 1 saturated carbocycles. The van der Waals surface area contributed by atoms with Crippen LogP contribution in [0, 0.1) is 5.92 Å². The number of hydrogen-bond donors (Lipinski definition) is 0.